The molecular formula is C14H18FNO2. The average molecular weight is 251 g/mol. The highest BCUT2D eigenvalue weighted by Crippen LogP contribution is 2.15. The zero-order valence-corrected chi connectivity index (χ0v) is 10.6. The zero-order valence-electron chi connectivity index (χ0n) is 10.6. The highest BCUT2D eigenvalue weighted by Gasteiger charge is 2.20. The van der Waals surface area contributed by atoms with Crippen LogP contribution in [0.15, 0.2) is 24.3 Å². The van der Waals surface area contributed by atoms with E-state index in [9.17, 15) is 9.18 Å². The molecule has 1 aliphatic heterocycles. The summed E-state index contributed by atoms with van der Waals surface area (Å²) in [6, 6.07) is 7.14. The molecule has 4 heteroatoms. The van der Waals surface area contributed by atoms with Crippen molar-refractivity contribution >= 4 is 5.78 Å². The van der Waals surface area contributed by atoms with Gasteiger partial charge in [-0.2, -0.15) is 0 Å². The van der Waals surface area contributed by atoms with Crippen molar-refractivity contribution in [2.75, 3.05) is 26.2 Å². The molecule has 1 fully saturated rings. The van der Waals surface area contributed by atoms with Crippen LogP contribution in [0, 0.1) is 0 Å². The molecule has 0 spiro atoms. The molecule has 0 N–H and O–H groups in total. The molecule has 2 rings (SSSR count). The topological polar surface area (TPSA) is 29.5 Å². The van der Waals surface area contributed by atoms with Crippen LogP contribution in [0.1, 0.15) is 23.7 Å². The summed E-state index contributed by atoms with van der Waals surface area (Å²) in [6.45, 7) is 4.10. The number of hydrogen-bond acceptors (Lipinski definition) is 3. The summed E-state index contributed by atoms with van der Waals surface area (Å²) in [6.07, 6.45) is -0.0640. The van der Waals surface area contributed by atoms with Crippen LogP contribution in [0.25, 0.3) is 0 Å². The molecule has 0 saturated carbocycles. The van der Waals surface area contributed by atoms with Crippen molar-refractivity contribution in [1.29, 1.82) is 0 Å². The molecule has 1 aliphatic rings. The van der Waals surface area contributed by atoms with Gasteiger partial charge >= 0.3 is 0 Å². The molecule has 0 radical (unpaired) electrons. The SMILES string of the molecule is CC(=O)c1cccc(OCCN2CC[C@@H](F)C2)c1. The van der Waals surface area contributed by atoms with E-state index in [0.29, 0.717) is 30.9 Å². The number of nitrogens with zero attached hydrogens (tertiary/aromatic N) is 1. The van der Waals surface area contributed by atoms with Gasteiger partial charge in [0.25, 0.3) is 0 Å². The van der Waals surface area contributed by atoms with Crippen LogP contribution in [0.5, 0.6) is 5.75 Å². The second-order valence-electron chi connectivity index (χ2n) is 4.62. The van der Waals surface area contributed by atoms with E-state index >= 15 is 0 Å². The zero-order chi connectivity index (χ0) is 13.0. The molecule has 0 unspecified atom stereocenters. The minimum atomic E-state index is -0.689. The highest BCUT2D eigenvalue weighted by atomic mass is 19.1. The molecule has 0 bridgehead atoms. The first-order valence-electron chi connectivity index (χ1n) is 6.25. The molecule has 3 nitrogen and oxygen atoms in total. The van der Waals surface area contributed by atoms with Crippen LogP contribution in [0.2, 0.25) is 0 Å². The standard InChI is InChI=1S/C14H18FNO2/c1-11(17)12-3-2-4-14(9-12)18-8-7-16-6-5-13(15)10-16/h2-4,9,13H,5-8,10H2,1H3/t13-/m1/s1. The fourth-order valence-corrected chi connectivity index (χ4v) is 2.09. The fourth-order valence-electron chi connectivity index (χ4n) is 2.09. The number of likely N-dealkylation sites (tertiary alicyclic amines) is 1. The lowest BCUT2D eigenvalue weighted by atomic mass is 10.1. The number of benzene rings is 1. The Balaban J connectivity index is 1.79. The third-order valence-electron chi connectivity index (χ3n) is 3.13. The minimum Gasteiger partial charge on any atom is -0.492 e. The van der Waals surface area contributed by atoms with Gasteiger partial charge in [-0.1, -0.05) is 12.1 Å². The minimum absolute atomic E-state index is 0.0280. The molecular weight excluding hydrogens is 233 g/mol. The molecule has 0 amide bonds. The van der Waals surface area contributed by atoms with E-state index in [1.165, 1.54) is 6.92 Å². The van der Waals surface area contributed by atoms with Crippen LogP contribution in [-0.2, 0) is 0 Å². The van der Waals surface area contributed by atoms with Crippen molar-refractivity contribution in [3.63, 3.8) is 0 Å². The lowest BCUT2D eigenvalue weighted by Gasteiger charge is -2.15. The molecule has 0 aromatic heterocycles. The number of ether oxygens (including phenoxy) is 1. The predicted octanol–water partition coefficient (Wildman–Crippen LogP) is 2.31. The van der Waals surface area contributed by atoms with Gasteiger partial charge < -0.3 is 4.74 Å². The lowest BCUT2D eigenvalue weighted by Crippen LogP contribution is -2.26. The first-order valence-corrected chi connectivity index (χ1v) is 6.25. The van der Waals surface area contributed by atoms with E-state index in [2.05, 4.69) is 4.90 Å². The fraction of sp³-hybridized carbons (Fsp3) is 0.500. The van der Waals surface area contributed by atoms with Crippen molar-refractivity contribution in [1.82, 2.24) is 4.90 Å². The quantitative estimate of drug-likeness (QED) is 0.752. The molecule has 1 atom stereocenters. The van der Waals surface area contributed by atoms with Crippen molar-refractivity contribution in [2.24, 2.45) is 0 Å². The van der Waals surface area contributed by atoms with Crippen molar-refractivity contribution in [3.8, 4) is 5.75 Å². The number of carbonyl (C=O) groups excluding carboxylic acids is 1. The van der Waals surface area contributed by atoms with Crippen LogP contribution >= 0.6 is 0 Å². The number of carbonyl (C=O) groups is 1. The van der Waals surface area contributed by atoms with E-state index in [-0.39, 0.29) is 5.78 Å². The summed E-state index contributed by atoms with van der Waals surface area (Å²) in [4.78, 5) is 13.3. The molecule has 1 aromatic rings. The van der Waals surface area contributed by atoms with E-state index in [1.807, 2.05) is 6.07 Å². The Morgan fingerprint density at radius 1 is 1.56 bits per heavy atom. The second-order valence-corrected chi connectivity index (χ2v) is 4.62. The van der Waals surface area contributed by atoms with Crippen molar-refractivity contribution in [2.45, 2.75) is 19.5 Å². The van der Waals surface area contributed by atoms with Crippen LogP contribution < -0.4 is 4.74 Å². The molecule has 1 aromatic carbocycles. The lowest BCUT2D eigenvalue weighted by molar-refractivity contribution is 0.101. The number of hydrogen-bond donors (Lipinski definition) is 0. The van der Waals surface area contributed by atoms with Gasteiger partial charge in [-0.05, 0) is 25.5 Å². The first kappa shape index (κ1) is 13.0. The second kappa shape index (κ2) is 5.96. The first-order chi connectivity index (χ1) is 8.65. The van der Waals surface area contributed by atoms with Gasteiger partial charge in [0.15, 0.2) is 5.78 Å². The highest BCUT2D eigenvalue weighted by molar-refractivity contribution is 5.94. The third kappa shape index (κ3) is 3.53. The Hall–Kier alpha value is -1.42. The summed E-state index contributed by atoms with van der Waals surface area (Å²) < 4.78 is 18.5. The molecule has 18 heavy (non-hydrogen) atoms. The van der Waals surface area contributed by atoms with E-state index in [0.717, 1.165) is 13.1 Å². The number of halogens is 1. The van der Waals surface area contributed by atoms with E-state index in [4.69, 9.17) is 4.74 Å². The summed E-state index contributed by atoms with van der Waals surface area (Å²) in [5.74, 6) is 0.721. The Bertz CT molecular complexity index is 422. The summed E-state index contributed by atoms with van der Waals surface area (Å²) in [7, 11) is 0. The Morgan fingerprint density at radius 3 is 3.06 bits per heavy atom. The van der Waals surface area contributed by atoms with Gasteiger partial charge in [0, 0.05) is 25.2 Å². The van der Waals surface area contributed by atoms with Gasteiger partial charge in [0.05, 0.1) is 0 Å². The van der Waals surface area contributed by atoms with Crippen LogP contribution in [0.3, 0.4) is 0 Å². The van der Waals surface area contributed by atoms with Crippen molar-refractivity contribution < 1.29 is 13.9 Å². The number of ketones is 1. The van der Waals surface area contributed by atoms with Crippen LogP contribution in [-0.4, -0.2) is 43.1 Å². The number of alkyl halides is 1. The van der Waals surface area contributed by atoms with Gasteiger partial charge in [-0.15, -0.1) is 0 Å². The average Bonchev–Trinajstić information content (AvgIpc) is 2.75. The van der Waals surface area contributed by atoms with Gasteiger partial charge in [0.1, 0.15) is 18.5 Å². The van der Waals surface area contributed by atoms with Crippen molar-refractivity contribution in [3.05, 3.63) is 29.8 Å². The van der Waals surface area contributed by atoms with E-state index < -0.39 is 6.17 Å². The maximum Gasteiger partial charge on any atom is 0.159 e. The largest absolute Gasteiger partial charge is 0.492 e. The number of Topliss-reactive ketones (excluding diaryl/α,β-unsaturated/α-hetero) is 1. The van der Waals surface area contributed by atoms with E-state index in [1.54, 1.807) is 18.2 Å². The molecule has 98 valence electrons. The maximum atomic E-state index is 12.9. The Morgan fingerprint density at radius 2 is 2.39 bits per heavy atom. The predicted molar refractivity (Wildman–Crippen MR) is 67.9 cm³/mol. The van der Waals surface area contributed by atoms with Gasteiger partial charge in [-0.25, -0.2) is 4.39 Å². The van der Waals surface area contributed by atoms with Gasteiger partial charge in [0.2, 0.25) is 0 Å². The smallest absolute Gasteiger partial charge is 0.159 e. The van der Waals surface area contributed by atoms with Crippen LogP contribution in [0.4, 0.5) is 4.39 Å². The monoisotopic (exact) mass is 251 g/mol. The molecule has 1 heterocycles. The number of rotatable bonds is 5. The summed E-state index contributed by atoms with van der Waals surface area (Å²) in [5.41, 5.74) is 0.650. The van der Waals surface area contributed by atoms with Gasteiger partial charge in [-0.3, -0.25) is 9.69 Å². The maximum absolute atomic E-state index is 12.9. The normalized spacial score (nSPS) is 20.0. The molecule has 0 aliphatic carbocycles. The summed E-state index contributed by atoms with van der Waals surface area (Å²) in [5, 5.41) is 0. The third-order valence-corrected chi connectivity index (χ3v) is 3.13. The Labute approximate surface area is 107 Å². The summed E-state index contributed by atoms with van der Waals surface area (Å²) >= 11 is 0. The molecule has 1 saturated heterocycles. The Kier molecular flexibility index (Phi) is 4.31.